The molecule has 0 spiro atoms. The largest absolute Gasteiger partial charge is 0.476 e. The molecule has 5 heteroatoms. The molecular weight excluding hydrogens is 271 g/mol. The van der Waals surface area contributed by atoms with Gasteiger partial charge in [-0.15, -0.1) is 0 Å². The lowest BCUT2D eigenvalue weighted by molar-refractivity contribution is 0.310. The molecule has 0 aliphatic heterocycles. The molecule has 0 saturated carbocycles. The van der Waals surface area contributed by atoms with Crippen molar-refractivity contribution in [1.82, 2.24) is 4.98 Å². The lowest BCUT2D eigenvalue weighted by Crippen LogP contribution is -2.05. The van der Waals surface area contributed by atoms with Crippen LogP contribution < -0.4 is 10.5 Å². The molecule has 0 bridgehead atoms. The van der Waals surface area contributed by atoms with Gasteiger partial charge in [0, 0.05) is 18.3 Å². The minimum absolute atomic E-state index is 0.385. The van der Waals surface area contributed by atoms with Crippen molar-refractivity contribution in [2.75, 3.05) is 12.3 Å². The molecule has 0 aliphatic rings. The van der Waals surface area contributed by atoms with Gasteiger partial charge in [-0.1, -0.05) is 41.4 Å². The maximum atomic E-state index is 5.95. The first-order valence-corrected chi connectivity index (χ1v) is 6.19. The van der Waals surface area contributed by atoms with Crippen LogP contribution in [0.5, 0.6) is 5.88 Å². The summed E-state index contributed by atoms with van der Waals surface area (Å²) in [6, 6.07) is 9.28. The molecule has 1 aromatic carbocycles. The number of nitrogens with zero attached hydrogens (tertiary/aromatic N) is 1. The molecule has 2 N–H and O–H groups in total. The summed E-state index contributed by atoms with van der Waals surface area (Å²) in [5.74, 6) is 0.385. The quantitative estimate of drug-likeness (QED) is 0.872. The standard InChI is InChI=1S/C13H12Cl2N2O/c14-10-7-11(15)13(17-8-10)18-6-5-9-3-1-2-4-12(9)16/h1-4,7-8H,5-6,16H2. The minimum atomic E-state index is 0.385. The number of hydrogen-bond acceptors (Lipinski definition) is 3. The number of halogens is 2. The zero-order valence-corrected chi connectivity index (χ0v) is 11.1. The highest BCUT2D eigenvalue weighted by Crippen LogP contribution is 2.24. The number of nitrogen functional groups attached to an aromatic ring is 1. The van der Waals surface area contributed by atoms with Gasteiger partial charge in [-0.05, 0) is 17.7 Å². The zero-order chi connectivity index (χ0) is 13.0. The Balaban J connectivity index is 1.95. The topological polar surface area (TPSA) is 48.1 Å². The number of aromatic nitrogens is 1. The molecule has 18 heavy (non-hydrogen) atoms. The Bertz CT molecular complexity index is 546. The van der Waals surface area contributed by atoms with E-state index in [2.05, 4.69) is 4.98 Å². The molecule has 0 atom stereocenters. The molecule has 0 amide bonds. The number of anilines is 1. The highest BCUT2D eigenvalue weighted by atomic mass is 35.5. The summed E-state index contributed by atoms with van der Waals surface area (Å²) in [5, 5.41) is 0.892. The number of rotatable bonds is 4. The molecule has 3 nitrogen and oxygen atoms in total. The minimum Gasteiger partial charge on any atom is -0.476 e. The Morgan fingerprint density at radius 3 is 2.72 bits per heavy atom. The third kappa shape index (κ3) is 3.28. The van der Waals surface area contributed by atoms with Gasteiger partial charge in [-0.3, -0.25) is 0 Å². The van der Waals surface area contributed by atoms with E-state index in [4.69, 9.17) is 33.7 Å². The van der Waals surface area contributed by atoms with Crippen LogP contribution in [0, 0.1) is 0 Å². The Morgan fingerprint density at radius 1 is 1.22 bits per heavy atom. The van der Waals surface area contributed by atoms with Crippen molar-refractivity contribution >= 4 is 28.9 Å². The average Bonchev–Trinajstić information content (AvgIpc) is 2.34. The second-order valence-corrected chi connectivity index (χ2v) is 4.58. The summed E-state index contributed by atoms with van der Waals surface area (Å²) in [4.78, 5) is 4.01. The molecule has 2 rings (SSSR count). The van der Waals surface area contributed by atoms with Crippen LogP contribution in [0.4, 0.5) is 5.69 Å². The van der Waals surface area contributed by atoms with Crippen LogP contribution in [0.2, 0.25) is 10.0 Å². The van der Waals surface area contributed by atoms with Crippen molar-refractivity contribution in [3.8, 4) is 5.88 Å². The summed E-state index contributed by atoms with van der Waals surface area (Å²) in [7, 11) is 0. The van der Waals surface area contributed by atoms with Crippen molar-refractivity contribution in [1.29, 1.82) is 0 Å². The van der Waals surface area contributed by atoms with Gasteiger partial charge in [0.25, 0.3) is 0 Å². The van der Waals surface area contributed by atoms with Crippen molar-refractivity contribution in [3.63, 3.8) is 0 Å². The first-order chi connectivity index (χ1) is 8.66. The summed E-state index contributed by atoms with van der Waals surface area (Å²) >= 11 is 11.7. The van der Waals surface area contributed by atoms with Crippen molar-refractivity contribution < 1.29 is 4.74 Å². The molecule has 1 heterocycles. The first-order valence-electron chi connectivity index (χ1n) is 5.44. The summed E-state index contributed by atoms with van der Waals surface area (Å²) in [6.07, 6.45) is 2.20. The molecule has 2 aromatic rings. The van der Waals surface area contributed by atoms with E-state index < -0.39 is 0 Å². The number of pyridine rings is 1. The SMILES string of the molecule is Nc1ccccc1CCOc1ncc(Cl)cc1Cl. The number of para-hydroxylation sites is 1. The van der Waals surface area contributed by atoms with Crippen molar-refractivity contribution in [2.24, 2.45) is 0 Å². The second-order valence-electron chi connectivity index (χ2n) is 3.74. The molecule has 0 radical (unpaired) electrons. The van der Waals surface area contributed by atoms with Gasteiger partial charge in [-0.25, -0.2) is 4.98 Å². The van der Waals surface area contributed by atoms with E-state index >= 15 is 0 Å². The molecule has 94 valence electrons. The summed E-state index contributed by atoms with van der Waals surface area (Å²) < 4.78 is 5.49. The molecule has 1 aromatic heterocycles. The monoisotopic (exact) mass is 282 g/mol. The highest BCUT2D eigenvalue weighted by Gasteiger charge is 2.04. The molecule has 0 fully saturated rings. The maximum Gasteiger partial charge on any atom is 0.232 e. The van der Waals surface area contributed by atoms with Gasteiger partial charge in [0.05, 0.1) is 11.6 Å². The van der Waals surface area contributed by atoms with Crippen molar-refractivity contribution in [2.45, 2.75) is 6.42 Å². The fourth-order valence-corrected chi connectivity index (χ4v) is 1.96. The molecule has 0 unspecified atom stereocenters. The van der Waals surface area contributed by atoms with Gasteiger partial charge >= 0.3 is 0 Å². The summed E-state index contributed by atoms with van der Waals surface area (Å²) in [5.41, 5.74) is 7.64. The Labute approximate surface area is 115 Å². The zero-order valence-electron chi connectivity index (χ0n) is 9.57. The van der Waals surface area contributed by atoms with Crippen LogP contribution in [0.25, 0.3) is 0 Å². The van der Waals surface area contributed by atoms with Crippen LogP contribution in [-0.2, 0) is 6.42 Å². The molecule has 0 aliphatic carbocycles. The van der Waals surface area contributed by atoms with Crippen LogP contribution in [-0.4, -0.2) is 11.6 Å². The number of nitrogens with two attached hydrogens (primary N) is 1. The van der Waals surface area contributed by atoms with E-state index in [1.807, 2.05) is 24.3 Å². The van der Waals surface area contributed by atoms with Gasteiger partial charge in [0.15, 0.2) is 0 Å². The van der Waals surface area contributed by atoms with Gasteiger partial charge in [-0.2, -0.15) is 0 Å². The van der Waals surface area contributed by atoms with E-state index in [0.29, 0.717) is 29.0 Å². The number of hydrogen-bond donors (Lipinski definition) is 1. The van der Waals surface area contributed by atoms with E-state index in [-0.39, 0.29) is 0 Å². The first kappa shape index (κ1) is 13.0. The van der Waals surface area contributed by atoms with Crippen molar-refractivity contribution in [3.05, 3.63) is 52.1 Å². The Hall–Kier alpha value is -1.45. The lowest BCUT2D eigenvalue weighted by Gasteiger charge is -2.08. The average molecular weight is 283 g/mol. The Kier molecular flexibility index (Phi) is 4.28. The maximum absolute atomic E-state index is 5.95. The second kappa shape index (κ2) is 5.94. The van der Waals surface area contributed by atoms with E-state index in [1.54, 1.807) is 6.07 Å². The van der Waals surface area contributed by atoms with E-state index in [9.17, 15) is 0 Å². The lowest BCUT2D eigenvalue weighted by atomic mass is 10.1. The number of benzene rings is 1. The van der Waals surface area contributed by atoms with Gasteiger partial charge in [0.1, 0.15) is 5.02 Å². The van der Waals surface area contributed by atoms with Crippen LogP contribution in [0.3, 0.4) is 0 Å². The Morgan fingerprint density at radius 2 is 2.00 bits per heavy atom. The number of ether oxygens (including phenoxy) is 1. The van der Waals surface area contributed by atoms with Crippen LogP contribution in [0.1, 0.15) is 5.56 Å². The predicted octanol–water partition coefficient (Wildman–Crippen LogP) is 3.59. The smallest absolute Gasteiger partial charge is 0.232 e. The highest BCUT2D eigenvalue weighted by molar-refractivity contribution is 6.35. The third-order valence-corrected chi connectivity index (χ3v) is 2.92. The third-order valence-electron chi connectivity index (χ3n) is 2.44. The predicted molar refractivity (Wildman–Crippen MR) is 74.3 cm³/mol. The fraction of sp³-hybridized carbons (Fsp3) is 0.154. The van der Waals surface area contributed by atoms with Gasteiger partial charge in [0.2, 0.25) is 5.88 Å². The van der Waals surface area contributed by atoms with E-state index in [1.165, 1.54) is 6.20 Å². The molecule has 0 saturated heterocycles. The normalized spacial score (nSPS) is 10.3. The van der Waals surface area contributed by atoms with Crippen LogP contribution >= 0.6 is 23.2 Å². The van der Waals surface area contributed by atoms with Gasteiger partial charge < -0.3 is 10.5 Å². The van der Waals surface area contributed by atoms with E-state index in [0.717, 1.165) is 11.3 Å². The fourth-order valence-electron chi connectivity index (χ4n) is 1.53. The summed E-state index contributed by atoms with van der Waals surface area (Å²) in [6.45, 7) is 0.461. The van der Waals surface area contributed by atoms with Crippen LogP contribution in [0.15, 0.2) is 36.5 Å². The molecular formula is C13H12Cl2N2O.